The largest absolute Gasteiger partial charge is 0.376 e. The van der Waals surface area contributed by atoms with E-state index in [1.807, 2.05) is 6.92 Å². The van der Waals surface area contributed by atoms with Gasteiger partial charge in [-0.1, -0.05) is 0 Å². The summed E-state index contributed by atoms with van der Waals surface area (Å²) in [6.07, 6.45) is -0.0715. The summed E-state index contributed by atoms with van der Waals surface area (Å²) < 4.78 is 12.3. The molecule has 2 amide bonds. The first-order chi connectivity index (χ1) is 8.65. The second-order valence-corrected chi connectivity index (χ2v) is 4.20. The van der Waals surface area contributed by atoms with Gasteiger partial charge in [-0.15, -0.1) is 0 Å². The number of aromatic nitrogens is 2. The number of ether oxygens (including phenoxy) is 2. The lowest BCUT2D eigenvalue weighted by Gasteiger charge is -2.23. The Kier molecular flexibility index (Phi) is 4.16. The van der Waals surface area contributed by atoms with Crippen molar-refractivity contribution in [3.8, 4) is 0 Å². The summed E-state index contributed by atoms with van der Waals surface area (Å²) in [5.41, 5.74) is 0.858. The van der Waals surface area contributed by atoms with Crippen LogP contribution in [0.1, 0.15) is 5.69 Å². The zero-order valence-corrected chi connectivity index (χ0v) is 10.6. The molecule has 7 heteroatoms. The van der Waals surface area contributed by atoms with Crippen molar-refractivity contribution in [1.29, 1.82) is 0 Å². The van der Waals surface area contributed by atoms with E-state index in [0.717, 1.165) is 5.69 Å². The zero-order valence-electron chi connectivity index (χ0n) is 10.6. The van der Waals surface area contributed by atoms with Gasteiger partial charge in [0.15, 0.2) is 0 Å². The van der Waals surface area contributed by atoms with Crippen molar-refractivity contribution in [3.05, 3.63) is 11.8 Å². The summed E-state index contributed by atoms with van der Waals surface area (Å²) in [7, 11) is 1.78. The summed E-state index contributed by atoms with van der Waals surface area (Å²) >= 11 is 0. The van der Waals surface area contributed by atoms with Crippen molar-refractivity contribution in [2.24, 2.45) is 7.05 Å². The number of hydrogen-bond donors (Lipinski definition) is 2. The van der Waals surface area contributed by atoms with E-state index in [9.17, 15) is 4.79 Å². The summed E-state index contributed by atoms with van der Waals surface area (Å²) in [6, 6.07) is 1.53. The lowest BCUT2D eigenvalue weighted by Crippen LogP contribution is -2.41. The lowest BCUT2D eigenvalue weighted by molar-refractivity contribution is -0.0852. The summed E-state index contributed by atoms with van der Waals surface area (Å²) in [5.74, 6) is 0.658. The molecule has 0 radical (unpaired) electrons. The number of carbonyl (C=O) groups is 1. The second kappa shape index (κ2) is 5.83. The van der Waals surface area contributed by atoms with E-state index in [4.69, 9.17) is 9.47 Å². The fourth-order valence-corrected chi connectivity index (χ4v) is 1.75. The number of carbonyl (C=O) groups excluding carboxylic acids is 1. The van der Waals surface area contributed by atoms with Crippen LogP contribution < -0.4 is 10.6 Å². The van der Waals surface area contributed by atoms with E-state index in [2.05, 4.69) is 15.7 Å². The molecule has 1 unspecified atom stereocenters. The van der Waals surface area contributed by atoms with Crippen LogP contribution in [-0.2, 0) is 16.5 Å². The number of hydrogen-bond acceptors (Lipinski definition) is 4. The first kappa shape index (κ1) is 12.8. The van der Waals surface area contributed by atoms with E-state index in [-0.39, 0.29) is 12.1 Å². The minimum atomic E-state index is -0.271. The van der Waals surface area contributed by atoms with Crippen molar-refractivity contribution in [1.82, 2.24) is 15.1 Å². The minimum Gasteiger partial charge on any atom is -0.376 e. The third-order valence-electron chi connectivity index (χ3n) is 2.62. The van der Waals surface area contributed by atoms with E-state index < -0.39 is 0 Å². The van der Waals surface area contributed by atoms with Crippen LogP contribution in [0.3, 0.4) is 0 Å². The topological polar surface area (TPSA) is 77.4 Å². The Morgan fingerprint density at radius 3 is 3.06 bits per heavy atom. The van der Waals surface area contributed by atoms with Crippen LogP contribution in [0.25, 0.3) is 0 Å². The average molecular weight is 254 g/mol. The highest BCUT2D eigenvalue weighted by Crippen LogP contribution is 2.07. The van der Waals surface area contributed by atoms with Crippen molar-refractivity contribution in [3.63, 3.8) is 0 Å². The number of amides is 2. The molecule has 100 valence electrons. The van der Waals surface area contributed by atoms with Crippen LogP contribution >= 0.6 is 0 Å². The fourth-order valence-electron chi connectivity index (χ4n) is 1.75. The molecule has 7 nitrogen and oxygen atoms in total. The van der Waals surface area contributed by atoms with Gasteiger partial charge >= 0.3 is 6.03 Å². The molecule has 0 bridgehead atoms. The van der Waals surface area contributed by atoms with Gasteiger partial charge in [0.2, 0.25) is 0 Å². The molecule has 1 aliphatic rings. The molecular weight excluding hydrogens is 236 g/mol. The first-order valence-electron chi connectivity index (χ1n) is 5.90. The molecule has 1 atom stereocenters. The molecule has 1 aromatic rings. The van der Waals surface area contributed by atoms with Gasteiger partial charge in [0, 0.05) is 19.7 Å². The van der Waals surface area contributed by atoms with Gasteiger partial charge < -0.3 is 14.8 Å². The number of rotatable bonds is 3. The molecule has 1 aliphatic heterocycles. The maximum atomic E-state index is 11.7. The standard InChI is InChI=1S/C11H18N4O3/c1-8-5-10(15(2)14-8)13-11(16)12-6-9-7-17-3-4-18-9/h5,9H,3-4,6-7H2,1-2H3,(H2,12,13,16). The number of urea groups is 1. The van der Waals surface area contributed by atoms with Gasteiger partial charge in [-0.3, -0.25) is 10.00 Å². The maximum Gasteiger partial charge on any atom is 0.320 e. The lowest BCUT2D eigenvalue weighted by atomic mass is 10.3. The third kappa shape index (κ3) is 3.44. The Hall–Kier alpha value is -1.60. The van der Waals surface area contributed by atoms with Gasteiger partial charge in [-0.25, -0.2) is 4.79 Å². The molecule has 1 saturated heterocycles. The number of nitrogens with zero attached hydrogens (tertiary/aromatic N) is 2. The Balaban J connectivity index is 1.76. The highest BCUT2D eigenvalue weighted by Gasteiger charge is 2.15. The Bertz CT molecular complexity index is 412. The van der Waals surface area contributed by atoms with Crippen LogP contribution in [-0.4, -0.2) is 48.3 Å². The molecule has 18 heavy (non-hydrogen) atoms. The van der Waals surface area contributed by atoms with Crippen LogP contribution in [0.5, 0.6) is 0 Å². The van der Waals surface area contributed by atoms with E-state index >= 15 is 0 Å². The zero-order chi connectivity index (χ0) is 13.0. The SMILES string of the molecule is Cc1cc(NC(=O)NCC2COCCO2)n(C)n1. The van der Waals surface area contributed by atoms with Crippen LogP contribution in [0.4, 0.5) is 10.6 Å². The average Bonchev–Trinajstić information content (AvgIpc) is 2.67. The smallest absolute Gasteiger partial charge is 0.320 e. The van der Waals surface area contributed by atoms with E-state index in [1.54, 1.807) is 17.8 Å². The molecule has 1 fully saturated rings. The Labute approximate surface area is 105 Å². The van der Waals surface area contributed by atoms with Gasteiger partial charge in [0.05, 0.1) is 31.6 Å². The maximum absolute atomic E-state index is 11.7. The molecule has 0 aliphatic carbocycles. The van der Waals surface area contributed by atoms with Crippen molar-refractivity contribution >= 4 is 11.8 Å². The predicted molar refractivity (Wildman–Crippen MR) is 65.5 cm³/mol. The molecule has 0 spiro atoms. The molecule has 2 heterocycles. The van der Waals surface area contributed by atoms with Crippen LogP contribution in [0, 0.1) is 6.92 Å². The van der Waals surface area contributed by atoms with E-state index in [0.29, 0.717) is 32.2 Å². The molecular formula is C11H18N4O3. The third-order valence-corrected chi connectivity index (χ3v) is 2.62. The monoisotopic (exact) mass is 254 g/mol. The van der Waals surface area contributed by atoms with Crippen LogP contribution in [0.15, 0.2) is 6.07 Å². The minimum absolute atomic E-state index is 0.0715. The second-order valence-electron chi connectivity index (χ2n) is 4.20. The van der Waals surface area contributed by atoms with Crippen molar-refractivity contribution < 1.29 is 14.3 Å². The number of anilines is 1. The van der Waals surface area contributed by atoms with Gasteiger partial charge in [-0.2, -0.15) is 5.10 Å². The number of nitrogens with one attached hydrogen (secondary N) is 2. The predicted octanol–water partition coefficient (Wildman–Crippen LogP) is 0.265. The Morgan fingerprint density at radius 2 is 2.44 bits per heavy atom. The molecule has 1 aromatic heterocycles. The fraction of sp³-hybridized carbons (Fsp3) is 0.636. The summed E-state index contributed by atoms with van der Waals surface area (Å²) in [4.78, 5) is 11.7. The molecule has 0 aromatic carbocycles. The van der Waals surface area contributed by atoms with Crippen molar-refractivity contribution in [2.45, 2.75) is 13.0 Å². The first-order valence-corrected chi connectivity index (χ1v) is 5.90. The van der Waals surface area contributed by atoms with Gasteiger partial charge in [0.1, 0.15) is 5.82 Å². The highest BCUT2D eigenvalue weighted by molar-refractivity contribution is 5.88. The summed E-state index contributed by atoms with van der Waals surface area (Å²) in [6.45, 7) is 4.02. The number of aryl methyl sites for hydroxylation is 2. The molecule has 2 N–H and O–H groups in total. The molecule has 0 saturated carbocycles. The van der Waals surface area contributed by atoms with Crippen molar-refractivity contribution in [2.75, 3.05) is 31.7 Å². The highest BCUT2D eigenvalue weighted by atomic mass is 16.6. The summed E-state index contributed by atoms with van der Waals surface area (Å²) in [5, 5.41) is 9.61. The van der Waals surface area contributed by atoms with Gasteiger partial charge in [0.25, 0.3) is 0 Å². The normalized spacial score (nSPS) is 19.6. The quantitative estimate of drug-likeness (QED) is 0.811. The van der Waals surface area contributed by atoms with Crippen LogP contribution in [0.2, 0.25) is 0 Å². The van der Waals surface area contributed by atoms with E-state index in [1.165, 1.54) is 0 Å². The molecule has 2 rings (SSSR count). The Morgan fingerprint density at radius 1 is 1.61 bits per heavy atom. The van der Waals surface area contributed by atoms with Gasteiger partial charge in [-0.05, 0) is 6.92 Å².